The number of amides is 1. The van der Waals surface area contributed by atoms with Gasteiger partial charge in [0.2, 0.25) is 0 Å². The number of carboxylic acids is 1. The summed E-state index contributed by atoms with van der Waals surface area (Å²) in [7, 11) is 0. The van der Waals surface area contributed by atoms with Crippen LogP contribution in [0.2, 0.25) is 0 Å². The normalized spacial score (nSPS) is 11.7. The topological polar surface area (TPSA) is 66.4 Å². The molecule has 0 aliphatic carbocycles. The molecule has 2 N–H and O–H groups in total. The molecule has 0 saturated heterocycles. The first-order valence-corrected chi connectivity index (χ1v) is 6.64. The number of hydrogen-bond donors (Lipinski definition) is 2. The summed E-state index contributed by atoms with van der Waals surface area (Å²) in [6.07, 6.45) is 1.63. The largest absolute Gasteiger partial charge is 0.480 e. The molecule has 4 nitrogen and oxygen atoms in total. The molecular formula is C12H11Br2NO3. The van der Waals surface area contributed by atoms with Gasteiger partial charge in [-0.05, 0) is 40.5 Å². The summed E-state index contributed by atoms with van der Waals surface area (Å²) < 4.78 is 1.34. The molecule has 96 valence electrons. The van der Waals surface area contributed by atoms with Crippen molar-refractivity contribution in [2.24, 2.45) is 0 Å². The summed E-state index contributed by atoms with van der Waals surface area (Å²) in [5.41, 5.74) is 0.375. The highest BCUT2D eigenvalue weighted by atomic mass is 79.9. The zero-order valence-electron chi connectivity index (χ0n) is 9.32. The first kappa shape index (κ1) is 14.9. The smallest absolute Gasteiger partial charge is 0.326 e. The summed E-state index contributed by atoms with van der Waals surface area (Å²) in [5.74, 6) is -1.54. The highest BCUT2D eigenvalue weighted by Crippen LogP contribution is 2.21. The van der Waals surface area contributed by atoms with Crippen molar-refractivity contribution in [3.63, 3.8) is 0 Å². The van der Waals surface area contributed by atoms with Crippen molar-refractivity contribution in [2.75, 3.05) is 0 Å². The molecule has 0 heterocycles. The van der Waals surface area contributed by atoms with Gasteiger partial charge in [0.05, 0.1) is 5.56 Å². The fourth-order valence-electron chi connectivity index (χ4n) is 1.30. The average molecular weight is 377 g/mol. The van der Waals surface area contributed by atoms with E-state index < -0.39 is 17.9 Å². The fourth-order valence-corrected chi connectivity index (χ4v) is 2.08. The third-order valence-corrected chi connectivity index (χ3v) is 3.36. The molecule has 0 saturated carbocycles. The van der Waals surface area contributed by atoms with Gasteiger partial charge in [-0.3, -0.25) is 4.79 Å². The SMILES string of the molecule is C=CCC(NC(=O)c1cc(Br)ccc1Br)C(=O)O. The molecular weight excluding hydrogens is 366 g/mol. The molecule has 1 unspecified atom stereocenters. The maximum Gasteiger partial charge on any atom is 0.326 e. The third-order valence-electron chi connectivity index (χ3n) is 2.18. The van der Waals surface area contributed by atoms with Crippen LogP contribution >= 0.6 is 31.9 Å². The number of hydrogen-bond acceptors (Lipinski definition) is 2. The van der Waals surface area contributed by atoms with Crippen LogP contribution in [0.25, 0.3) is 0 Å². The lowest BCUT2D eigenvalue weighted by Crippen LogP contribution is -2.40. The van der Waals surface area contributed by atoms with Crippen LogP contribution in [0.15, 0.2) is 39.8 Å². The van der Waals surface area contributed by atoms with Gasteiger partial charge in [-0.15, -0.1) is 6.58 Å². The fraction of sp³-hybridized carbons (Fsp3) is 0.167. The molecule has 0 bridgehead atoms. The van der Waals surface area contributed by atoms with E-state index in [4.69, 9.17) is 5.11 Å². The predicted molar refractivity (Wildman–Crippen MR) is 75.5 cm³/mol. The van der Waals surface area contributed by atoms with Gasteiger partial charge in [0.1, 0.15) is 6.04 Å². The van der Waals surface area contributed by atoms with Crippen LogP contribution in [-0.2, 0) is 4.79 Å². The van der Waals surface area contributed by atoms with Gasteiger partial charge in [0.15, 0.2) is 0 Å². The first-order valence-electron chi connectivity index (χ1n) is 5.05. The van der Waals surface area contributed by atoms with E-state index in [0.29, 0.717) is 10.0 Å². The van der Waals surface area contributed by atoms with Crippen molar-refractivity contribution in [3.8, 4) is 0 Å². The number of rotatable bonds is 5. The molecule has 0 radical (unpaired) electrons. The van der Waals surface area contributed by atoms with Crippen LogP contribution in [0.4, 0.5) is 0 Å². The summed E-state index contributed by atoms with van der Waals surface area (Å²) in [5, 5.41) is 11.4. The molecule has 1 aromatic rings. The molecule has 1 atom stereocenters. The molecule has 0 fully saturated rings. The van der Waals surface area contributed by atoms with E-state index in [1.807, 2.05) is 0 Å². The first-order chi connectivity index (χ1) is 8.45. The highest BCUT2D eigenvalue weighted by Gasteiger charge is 2.20. The second kappa shape index (κ2) is 6.70. The van der Waals surface area contributed by atoms with E-state index in [1.165, 1.54) is 6.08 Å². The standard InChI is InChI=1S/C12H11Br2NO3/c1-2-3-10(12(17)18)15-11(16)8-6-7(13)4-5-9(8)14/h2,4-6,10H,1,3H2,(H,15,16)(H,17,18). The van der Waals surface area contributed by atoms with E-state index in [0.717, 1.165) is 4.47 Å². The van der Waals surface area contributed by atoms with Gasteiger partial charge < -0.3 is 10.4 Å². The van der Waals surface area contributed by atoms with Gasteiger partial charge in [-0.1, -0.05) is 22.0 Å². The van der Waals surface area contributed by atoms with Gasteiger partial charge in [0, 0.05) is 8.95 Å². The van der Waals surface area contributed by atoms with E-state index in [1.54, 1.807) is 18.2 Å². The molecule has 1 aromatic carbocycles. The van der Waals surface area contributed by atoms with Crippen molar-refractivity contribution in [1.29, 1.82) is 0 Å². The lowest BCUT2D eigenvalue weighted by molar-refractivity contribution is -0.139. The van der Waals surface area contributed by atoms with Crippen molar-refractivity contribution in [3.05, 3.63) is 45.4 Å². The summed E-state index contributed by atoms with van der Waals surface area (Å²) in [6, 6.07) is 4.13. The Balaban J connectivity index is 2.89. The van der Waals surface area contributed by atoms with Crippen molar-refractivity contribution >= 4 is 43.7 Å². The molecule has 1 amide bonds. The molecule has 0 aliphatic rings. The van der Waals surface area contributed by atoms with Crippen LogP contribution < -0.4 is 5.32 Å². The van der Waals surface area contributed by atoms with E-state index in [9.17, 15) is 9.59 Å². The van der Waals surface area contributed by atoms with Gasteiger partial charge >= 0.3 is 5.97 Å². The van der Waals surface area contributed by atoms with E-state index in [2.05, 4.69) is 43.8 Å². The van der Waals surface area contributed by atoms with Crippen molar-refractivity contribution < 1.29 is 14.7 Å². The Morgan fingerprint density at radius 3 is 2.67 bits per heavy atom. The average Bonchev–Trinajstić information content (AvgIpc) is 2.31. The number of carbonyl (C=O) groups is 2. The minimum Gasteiger partial charge on any atom is -0.480 e. The monoisotopic (exact) mass is 375 g/mol. The highest BCUT2D eigenvalue weighted by molar-refractivity contribution is 9.11. The van der Waals surface area contributed by atoms with Gasteiger partial charge in [-0.25, -0.2) is 4.79 Å². The zero-order chi connectivity index (χ0) is 13.7. The number of carboxylic acid groups (broad SMARTS) is 1. The Morgan fingerprint density at radius 1 is 1.44 bits per heavy atom. The minimum absolute atomic E-state index is 0.173. The second-order valence-electron chi connectivity index (χ2n) is 3.51. The van der Waals surface area contributed by atoms with Crippen LogP contribution in [-0.4, -0.2) is 23.0 Å². The van der Waals surface area contributed by atoms with Crippen LogP contribution in [0.1, 0.15) is 16.8 Å². The number of aliphatic carboxylic acids is 1. The summed E-state index contributed by atoms with van der Waals surface area (Å²) in [6.45, 7) is 3.46. The van der Waals surface area contributed by atoms with Crippen LogP contribution in [0.5, 0.6) is 0 Å². The van der Waals surface area contributed by atoms with Crippen LogP contribution in [0.3, 0.4) is 0 Å². The molecule has 18 heavy (non-hydrogen) atoms. The molecule has 1 rings (SSSR count). The summed E-state index contributed by atoms with van der Waals surface area (Å²) in [4.78, 5) is 22.9. The number of nitrogens with one attached hydrogen (secondary N) is 1. The lowest BCUT2D eigenvalue weighted by Gasteiger charge is -2.13. The van der Waals surface area contributed by atoms with E-state index in [-0.39, 0.29) is 6.42 Å². The van der Waals surface area contributed by atoms with E-state index >= 15 is 0 Å². The molecule has 0 spiro atoms. The van der Waals surface area contributed by atoms with Crippen molar-refractivity contribution in [1.82, 2.24) is 5.32 Å². The quantitative estimate of drug-likeness (QED) is 0.776. The number of benzene rings is 1. The predicted octanol–water partition coefficient (Wildman–Crippen LogP) is 2.97. The number of halogens is 2. The zero-order valence-corrected chi connectivity index (χ0v) is 12.5. The summed E-state index contributed by atoms with van der Waals surface area (Å²) >= 11 is 6.50. The minimum atomic E-state index is -1.09. The molecule has 0 aliphatic heterocycles. The third kappa shape index (κ3) is 3.96. The molecule has 0 aromatic heterocycles. The van der Waals surface area contributed by atoms with Gasteiger partial charge in [0.25, 0.3) is 5.91 Å². The molecule has 6 heteroatoms. The van der Waals surface area contributed by atoms with Crippen molar-refractivity contribution in [2.45, 2.75) is 12.5 Å². The number of carbonyl (C=O) groups excluding carboxylic acids is 1. The Bertz CT molecular complexity index is 488. The Hall–Kier alpha value is -1.14. The maximum absolute atomic E-state index is 11.9. The van der Waals surface area contributed by atoms with Gasteiger partial charge in [-0.2, -0.15) is 0 Å². The Morgan fingerprint density at radius 2 is 2.11 bits per heavy atom. The Kier molecular flexibility index (Phi) is 5.55. The van der Waals surface area contributed by atoms with Crippen LogP contribution in [0, 0.1) is 0 Å². The maximum atomic E-state index is 11.9. The second-order valence-corrected chi connectivity index (χ2v) is 5.28. The lowest BCUT2D eigenvalue weighted by atomic mass is 10.1. The Labute approximate surface area is 121 Å².